The first kappa shape index (κ1) is 37.3. The zero-order valence-electron chi connectivity index (χ0n) is 31.7. The Kier molecular flexibility index (Phi) is 10.4. The number of hydrogen-bond acceptors (Lipinski definition) is 8. The molecule has 2 bridgehead atoms. The molecule has 0 radical (unpaired) electrons. The van der Waals surface area contributed by atoms with Gasteiger partial charge in [-0.3, -0.25) is 14.6 Å². The predicted octanol–water partition coefficient (Wildman–Crippen LogP) is 6.30. The number of nitrogens with one attached hydrogen (secondary N) is 1. The third kappa shape index (κ3) is 7.40. The number of methoxy groups -OCH3 is 1. The number of anilines is 1. The number of ether oxygens (including phenoxy) is 2. The monoisotopic (exact) mass is 764 g/mol. The lowest BCUT2D eigenvalue weighted by atomic mass is 9.63. The Hall–Kier alpha value is -2.63. The zero-order valence-corrected chi connectivity index (χ0v) is 33.3. The largest absolute Gasteiger partial charge is 0.490 e. The Bertz CT molecular complexity index is 1840. The molecule has 2 aromatic carbocycles. The molecule has 0 unspecified atom stereocenters. The number of hydrogen-bond donors (Lipinski definition) is 1. The number of fused-ring (bicyclic) bond motifs is 5. The summed E-state index contributed by atoms with van der Waals surface area (Å²) in [4.78, 5) is 21.4. The number of amides is 1. The molecule has 53 heavy (non-hydrogen) atoms. The Morgan fingerprint density at radius 2 is 1.89 bits per heavy atom. The number of halogens is 1. The molecule has 4 aliphatic heterocycles. The molecule has 3 fully saturated rings. The summed E-state index contributed by atoms with van der Waals surface area (Å²) in [5.41, 5.74) is 2.97. The molecule has 288 valence electrons. The molecule has 6 aliphatic rings. The summed E-state index contributed by atoms with van der Waals surface area (Å²) in [6, 6.07) is 12.3. The third-order valence-corrected chi connectivity index (χ3v) is 15.6. The van der Waals surface area contributed by atoms with E-state index in [1.807, 2.05) is 32.2 Å². The lowest BCUT2D eigenvalue weighted by molar-refractivity contribution is -0.100. The van der Waals surface area contributed by atoms with E-state index in [1.165, 1.54) is 36.9 Å². The summed E-state index contributed by atoms with van der Waals surface area (Å²) >= 11 is 6.51. The van der Waals surface area contributed by atoms with Crippen molar-refractivity contribution in [3.63, 3.8) is 0 Å². The van der Waals surface area contributed by atoms with E-state index in [4.69, 9.17) is 21.1 Å². The van der Waals surface area contributed by atoms with E-state index in [0.29, 0.717) is 24.1 Å². The topological polar surface area (TPSA) is 91.4 Å². The van der Waals surface area contributed by atoms with Crippen molar-refractivity contribution < 1.29 is 22.7 Å². The molecule has 1 N–H and O–H groups in total. The van der Waals surface area contributed by atoms with Crippen molar-refractivity contribution in [2.45, 2.75) is 82.3 Å². The lowest BCUT2D eigenvalue weighted by Crippen LogP contribution is -2.61. The highest BCUT2D eigenvalue weighted by molar-refractivity contribution is 7.90. The maximum Gasteiger partial charge on any atom is 0.264 e. The summed E-state index contributed by atoms with van der Waals surface area (Å²) in [6.45, 7) is 11.3. The molecule has 1 amide bonds. The van der Waals surface area contributed by atoms with Gasteiger partial charge in [-0.05, 0) is 117 Å². The maximum absolute atomic E-state index is 13.6. The fourth-order valence-electron chi connectivity index (χ4n) is 10.5. The summed E-state index contributed by atoms with van der Waals surface area (Å²) in [5.74, 6) is 0.361. The van der Waals surface area contributed by atoms with Crippen LogP contribution in [0.1, 0.15) is 80.3 Å². The zero-order chi connectivity index (χ0) is 37.0. The summed E-state index contributed by atoms with van der Waals surface area (Å²) in [5, 5.41) is 0.754. The summed E-state index contributed by atoms with van der Waals surface area (Å²) in [6.07, 6.45) is 13.5. The van der Waals surface area contributed by atoms with Crippen LogP contribution in [0, 0.1) is 23.7 Å². The normalized spacial score (nSPS) is 35.4. The van der Waals surface area contributed by atoms with Crippen LogP contribution in [0.15, 0.2) is 48.6 Å². The van der Waals surface area contributed by atoms with Gasteiger partial charge in [0.25, 0.3) is 5.91 Å². The van der Waals surface area contributed by atoms with E-state index in [1.54, 1.807) is 6.07 Å². The number of carbonyl (C=O) groups excluding carboxylic acids is 1. The highest BCUT2D eigenvalue weighted by Gasteiger charge is 2.50. The molecule has 2 saturated heterocycles. The molecule has 4 heterocycles. The number of carbonyl (C=O) groups is 1. The fraction of sp³-hybridized carbons (Fsp3) is 0.643. The first-order valence-corrected chi connectivity index (χ1v) is 22.1. The Labute approximate surface area is 321 Å². The summed E-state index contributed by atoms with van der Waals surface area (Å²) in [7, 11) is -2.02. The van der Waals surface area contributed by atoms with Crippen LogP contribution >= 0.6 is 11.6 Å². The fourth-order valence-corrected chi connectivity index (χ4v) is 12.2. The number of sulfonamides is 1. The van der Waals surface area contributed by atoms with Gasteiger partial charge < -0.3 is 14.4 Å². The van der Waals surface area contributed by atoms with Gasteiger partial charge in [-0.25, -0.2) is 13.1 Å². The van der Waals surface area contributed by atoms with E-state index in [-0.39, 0.29) is 28.9 Å². The lowest BCUT2D eigenvalue weighted by Gasteiger charge is -2.53. The maximum atomic E-state index is 13.6. The number of nitrogens with zero attached hydrogens (tertiary/aromatic N) is 3. The quantitative estimate of drug-likeness (QED) is 0.365. The standard InChI is InChI=1S/C42H57ClN4O5S/c1-29-15-17-42(51-3,27-45-19-20-46-18-5-4-8-35(46)24-45)37-12-9-33(37)23-47-26-41(16-6-7-31-21-34(43)11-13-36(31)41)28-52-39-14-10-32(22-38(39)47)40(48)44-53(49,50)25-30(29)2/h10-11,13-15,17,21-22,29-30,33,35,37H,4-9,12,16,18-20,23-28H2,1-3H3,(H,44,48)/b17-15+/t29-,30+,33-,35+,37+,41-,42-/m0/s1. The van der Waals surface area contributed by atoms with Gasteiger partial charge in [0.2, 0.25) is 10.0 Å². The Morgan fingerprint density at radius 1 is 1.02 bits per heavy atom. The van der Waals surface area contributed by atoms with Crippen LogP contribution < -0.4 is 14.4 Å². The Balaban J connectivity index is 1.19. The molecule has 9 nitrogen and oxygen atoms in total. The average molecular weight is 765 g/mol. The van der Waals surface area contributed by atoms with Crippen LogP contribution in [0.5, 0.6) is 5.75 Å². The molecular formula is C42H57ClN4O5S. The van der Waals surface area contributed by atoms with E-state index in [2.05, 4.69) is 50.6 Å². The predicted molar refractivity (Wildman–Crippen MR) is 211 cm³/mol. The van der Waals surface area contributed by atoms with Gasteiger partial charge in [0.1, 0.15) is 11.4 Å². The Morgan fingerprint density at radius 3 is 2.70 bits per heavy atom. The second-order valence-corrected chi connectivity index (χ2v) is 19.4. The second kappa shape index (κ2) is 14.8. The van der Waals surface area contributed by atoms with Crippen molar-refractivity contribution in [2.24, 2.45) is 23.7 Å². The van der Waals surface area contributed by atoms with E-state index in [9.17, 15) is 13.2 Å². The van der Waals surface area contributed by atoms with Crippen molar-refractivity contribution in [1.82, 2.24) is 14.5 Å². The third-order valence-electron chi connectivity index (χ3n) is 13.9. The minimum absolute atomic E-state index is 0.0359. The molecule has 7 atom stereocenters. The van der Waals surface area contributed by atoms with Gasteiger partial charge in [0.05, 0.1) is 18.0 Å². The van der Waals surface area contributed by atoms with E-state index in [0.717, 1.165) is 87.8 Å². The van der Waals surface area contributed by atoms with E-state index >= 15 is 0 Å². The molecule has 11 heteroatoms. The van der Waals surface area contributed by atoms with Gasteiger partial charge in [-0.15, -0.1) is 0 Å². The van der Waals surface area contributed by atoms with Crippen LogP contribution in [0.4, 0.5) is 5.69 Å². The molecular weight excluding hydrogens is 708 g/mol. The number of benzene rings is 2. The van der Waals surface area contributed by atoms with Crippen LogP contribution in [0.2, 0.25) is 5.02 Å². The highest BCUT2D eigenvalue weighted by Crippen LogP contribution is 2.49. The van der Waals surface area contributed by atoms with Gasteiger partial charge in [-0.2, -0.15) is 0 Å². The van der Waals surface area contributed by atoms with Gasteiger partial charge in [0, 0.05) is 68.4 Å². The molecule has 1 spiro atoms. The van der Waals surface area contributed by atoms with Crippen molar-refractivity contribution in [3.8, 4) is 5.75 Å². The van der Waals surface area contributed by atoms with Gasteiger partial charge >= 0.3 is 0 Å². The first-order valence-electron chi connectivity index (χ1n) is 20.0. The number of piperidine rings is 1. The number of aryl methyl sites for hydroxylation is 1. The van der Waals surface area contributed by atoms with Crippen LogP contribution in [-0.2, 0) is 26.6 Å². The highest BCUT2D eigenvalue weighted by atomic mass is 35.5. The number of allylic oxidation sites excluding steroid dienone is 1. The first-order chi connectivity index (χ1) is 25.5. The SMILES string of the molecule is CO[C@]1(CN2CCN3CCCC[C@@H]3C2)/C=C/[C@H](C)[C@H](C)CS(=O)(=O)NC(=O)c2ccc3c(c2)N(C[C@@H]2CC[C@H]21)C[C@@]1(CCCc2cc(Cl)ccc21)CO3. The molecule has 2 aromatic rings. The van der Waals surface area contributed by atoms with Crippen molar-refractivity contribution in [1.29, 1.82) is 0 Å². The minimum Gasteiger partial charge on any atom is -0.490 e. The van der Waals surface area contributed by atoms with Crippen molar-refractivity contribution in [2.75, 3.05) is 70.2 Å². The van der Waals surface area contributed by atoms with E-state index < -0.39 is 21.5 Å². The van der Waals surface area contributed by atoms with Crippen molar-refractivity contribution in [3.05, 3.63) is 70.3 Å². The van der Waals surface area contributed by atoms with Crippen molar-refractivity contribution >= 4 is 33.2 Å². The summed E-state index contributed by atoms with van der Waals surface area (Å²) < 4.78 is 42.8. The molecule has 1 saturated carbocycles. The smallest absolute Gasteiger partial charge is 0.264 e. The van der Waals surface area contributed by atoms with Crippen LogP contribution in [0.3, 0.4) is 0 Å². The molecule has 8 rings (SSSR count). The van der Waals surface area contributed by atoms with Crippen LogP contribution in [0.25, 0.3) is 0 Å². The minimum atomic E-state index is -3.90. The number of piperazine rings is 1. The number of rotatable bonds is 3. The van der Waals surface area contributed by atoms with Crippen LogP contribution in [-0.4, -0.2) is 101 Å². The second-order valence-electron chi connectivity index (χ2n) is 17.2. The average Bonchev–Trinajstić information content (AvgIpc) is 3.27. The van der Waals surface area contributed by atoms with Gasteiger partial charge in [-0.1, -0.05) is 50.1 Å². The molecule has 2 aliphatic carbocycles. The molecule has 0 aromatic heterocycles. The van der Waals surface area contributed by atoms with Gasteiger partial charge in [0.15, 0.2) is 0 Å².